The second-order valence-electron chi connectivity index (χ2n) is 5.47. The van der Waals surface area contributed by atoms with Crippen molar-refractivity contribution in [1.29, 1.82) is 0 Å². The first-order valence-electron chi connectivity index (χ1n) is 7.90. The molecule has 0 saturated heterocycles. The maximum atomic E-state index is 12.0. The molecule has 0 saturated carbocycles. The van der Waals surface area contributed by atoms with E-state index in [2.05, 4.69) is 22.5 Å². The maximum Gasteiger partial charge on any atom is 0.252 e. The average Bonchev–Trinajstić information content (AvgIpc) is 2.58. The normalized spacial score (nSPS) is 10.3. The fourth-order valence-electron chi connectivity index (χ4n) is 2.15. The summed E-state index contributed by atoms with van der Waals surface area (Å²) in [4.78, 5) is 16.3. The number of nitrogens with zero attached hydrogens (tertiary/aromatic N) is 1. The van der Waals surface area contributed by atoms with Crippen LogP contribution in [0.1, 0.15) is 35.7 Å². The van der Waals surface area contributed by atoms with E-state index in [1.54, 1.807) is 31.5 Å². The Kier molecular flexibility index (Phi) is 6.44. The molecule has 0 spiro atoms. The van der Waals surface area contributed by atoms with Crippen LogP contribution in [0.3, 0.4) is 0 Å². The van der Waals surface area contributed by atoms with Gasteiger partial charge in [-0.15, -0.1) is 0 Å². The molecular formula is C18H22ClN3O2. The lowest BCUT2D eigenvalue weighted by molar-refractivity contribution is 0.0953. The van der Waals surface area contributed by atoms with Gasteiger partial charge in [0.05, 0.1) is 18.4 Å². The van der Waals surface area contributed by atoms with E-state index < -0.39 is 0 Å². The summed E-state index contributed by atoms with van der Waals surface area (Å²) in [5.74, 6) is 1.15. The third kappa shape index (κ3) is 4.61. The molecule has 6 heteroatoms. The number of nitrogens with one attached hydrogen (secondary N) is 2. The number of methoxy groups -OCH3 is 1. The van der Waals surface area contributed by atoms with Crippen LogP contribution in [0.15, 0.2) is 30.5 Å². The van der Waals surface area contributed by atoms with Crippen LogP contribution >= 0.6 is 11.6 Å². The molecule has 24 heavy (non-hydrogen) atoms. The van der Waals surface area contributed by atoms with Gasteiger partial charge in [0.25, 0.3) is 5.91 Å². The van der Waals surface area contributed by atoms with Gasteiger partial charge in [0.2, 0.25) is 0 Å². The quantitative estimate of drug-likeness (QED) is 0.732. The summed E-state index contributed by atoms with van der Waals surface area (Å²) in [5, 5.41) is 6.69. The maximum absolute atomic E-state index is 12.0. The summed E-state index contributed by atoms with van der Waals surface area (Å²) < 4.78 is 5.33. The zero-order chi connectivity index (χ0) is 17.5. The van der Waals surface area contributed by atoms with Crippen molar-refractivity contribution in [2.45, 2.75) is 26.7 Å². The van der Waals surface area contributed by atoms with Crippen molar-refractivity contribution in [3.63, 3.8) is 0 Å². The number of rotatable bonds is 7. The van der Waals surface area contributed by atoms with Crippen molar-refractivity contribution in [3.8, 4) is 5.75 Å². The van der Waals surface area contributed by atoms with Gasteiger partial charge in [0.1, 0.15) is 11.6 Å². The molecule has 0 unspecified atom stereocenters. The van der Waals surface area contributed by atoms with Crippen LogP contribution in [0.25, 0.3) is 0 Å². The molecule has 2 N–H and O–H groups in total. The van der Waals surface area contributed by atoms with Gasteiger partial charge in [-0.1, -0.05) is 24.9 Å². The number of anilines is 2. The van der Waals surface area contributed by atoms with Gasteiger partial charge in [0.15, 0.2) is 0 Å². The minimum Gasteiger partial charge on any atom is -0.495 e. The van der Waals surface area contributed by atoms with E-state index in [0.29, 0.717) is 28.7 Å². The lowest BCUT2D eigenvalue weighted by atomic mass is 10.2. The van der Waals surface area contributed by atoms with Crippen LogP contribution < -0.4 is 15.4 Å². The highest BCUT2D eigenvalue weighted by Crippen LogP contribution is 2.32. The van der Waals surface area contributed by atoms with Crippen molar-refractivity contribution in [2.24, 2.45) is 0 Å². The third-order valence-electron chi connectivity index (χ3n) is 3.59. The highest BCUT2D eigenvalue weighted by molar-refractivity contribution is 6.31. The predicted molar refractivity (Wildman–Crippen MR) is 97.5 cm³/mol. The topological polar surface area (TPSA) is 63.2 Å². The smallest absolute Gasteiger partial charge is 0.252 e. The number of hydrogen-bond acceptors (Lipinski definition) is 4. The van der Waals surface area contributed by atoms with E-state index in [9.17, 15) is 4.79 Å². The Labute approximate surface area is 147 Å². The fraction of sp³-hybridized carbons (Fsp3) is 0.333. The number of benzene rings is 1. The SMILES string of the molecule is CCCCNC(=O)c1ccc(Nc2cc(C)c(Cl)cc2OC)nc1. The van der Waals surface area contributed by atoms with E-state index >= 15 is 0 Å². The zero-order valence-electron chi connectivity index (χ0n) is 14.1. The number of amides is 1. The second-order valence-corrected chi connectivity index (χ2v) is 5.88. The molecule has 0 atom stereocenters. The highest BCUT2D eigenvalue weighted by atomic mass is 35.5. The minimum atomic E-state index is -0.109. The van der Waals surface area contributed by atoms with Crippen molar-refractivity contribution < 1.29 is 9.53 Å². The van der Waals surface area contributed by atoms with Crippen molar-refractivity contribution in [1.82, 2.24) is 10.3 Å². The van der Waals surface area contributed by atoms with Gasteiger partial charge in [-0.05, 0) is 37.1 Å². The molecule has 2 rings (SSSR count). The molecule has 0 bridgehead atoms. The molecule has 1 aromatic heterocycles. The molecule has 1 aromatic carbocycles. The Morgan fingerprint density at radius 3 is 2.75 bits per heavy atom. The van der Waals surface area contributed by atoms with Crippen molar-refractivity contribution >= 4 is 29.0 Å². The molecule has 0 aliphatic rings. The molecule has 0 aliphatic heterocycles. The standard InChI is InChI=1S/C18H22ClN3O2/c1-4-5-8-20-18(23)13-6-7-17(21-11-13)22-15-9-12(2)14(19)10-16(15)24-3/h6-7,9-11H,4-5,8H2,1-3H3,(H,20,23)(H,21,22). The number of carbonyl (C=O) groups excluding carboxylic acids is 1. The van der Waals surface area contributed by atoms with Gasteiger partial charge in [-0.25, -0.2) is 4.98 Å². The molecule has 0 aliphatic carbocycles. The van der Waals surface area contributed by atoms with Gasteiger partial charge < -0.3 is 15.4 Å². The van der Waals surface area contributed by atoms with Crippen LogP contribution in [0, 0.1) is 6.92 Å². The number of pyridine rings is 1. The first kappa shape index (κ1) is 18.1. The Hall–Kier alpha value is -2.27. The van der Waals surface area contributed by atoms with Crippen molar-refractivity contribution in [3.05, 3.63) is 46.6 Å². The molecule has 0 radical (unpaired) electrons. The number of ether oxygens (including phenoxy) is 1. The summed E-state index contributed by atoms with van der Waals surface area (Å²) in [7, 11) is 1.59. The molecule has 1 amide bonds. The van der Waals surface area contributed by atoms with E-state index in [1.807, 2.05) is 13.0 Å². The molecule has 1 heterocycles. The molecule has 5 nitrogen and oxygen atoms in total. The van der Waals surface area contributed by atoms with Crippen LogP contribution in [-0.4, -0.2) is 24.5 Å². The lowest BCUT2D eigenvalue weighted by Gasteiger charge is -2.13. The van der Waals surface area contributed by atoms with Crippen LogP contribution in [0.2, 0.25) is 5.02 Å². The fourth-order valence-corrected chi connectivity index (χ4v) is 2.30. The zero-order valence-corrected chi connectivity index (χ0v) is 14.9. The van der Waals surface area contributed by atoms with Crippen LogP contribution in [0.5, 0.6) is 5.75 Å². The third-order valence-corrected chi connectivity index (χ3v) is 3.99. The van der Waals surface area contributed by atoms with E-state index in [0.717, 1.165) is 24.1 Å². The Bertz CT molecular complexity index is 702. The summed E-state index contributed by atoms with van der Waals surface area (Å²) in [5.41, 5.74) is 2.25. The number of aromatic nitrogens is 1. The lowest BCUT2D eigenvalue weighted by Crippen LogP contribution is -2.24. The van der Waals surface area contributed by atoms with Crippen LogP contribution in [-0.2, 0) is 0 Å². The van der Waals surface area contributed by atoms with E-state index in [-0.39, 0.29) is 5.91 Å². The summed E-state index contributed by atoms with van der Waals surface area (Å²) >= 11 is 6.11. The van der Waals surface area contributed by atoms with Gasteiger partial charge in [0, 0.05) is 23.8 Å². The number of hydrogen-bond donors (Lipinski definition) is 2. The monoisotopic (exact) mass is 347 g/mol. The number of carbonyl (C=O) groups is 1. The predicted octanol–water partition coefficient (Wildman–Crippen LogP) is 4.33. The largest absolute Gasteiger partial charge is 0.495 e. The molecular weight excluding hydrogens is 326 g/mol. The van der Waals surface area contributed by atoms with Crippen molar-refractivity contribution in [2.75, 3.05) is 19.0 Å². The number of unbranched alkanes of at least 4 members (excludes halogenated alkanes) is 1. The minimum absolute atomic E-state index is 0.109. The second kappa shape index (κ2) is 8.55. The van der Waals surface area contributed by atoms with E-state index in [4.69, 9.17) is 16.3 Å². The Balaban J connectivity index is 2.09. The molecule has 128 valence electrons. The molecule has 0 fully saturated rings. The van der Waals surface area contributed by atoms with Gasteiger partial charge in [-0.3, -0.25) is 4.79 Å². The summed E-state index contributed by atoms with van der Waals surface area (Å²) in [6.45, 7) is 4.68. The Morgan fingerprint density at radius 1 is 1.33 bits per heavy atom. The van der Waals surface area contributed by atoms with Gasteiger partial charge >= 0.3 is 0 Å². The molecule has 2 aromatic rings. The Morgan fingerprint density at radius 2 is 2.12 bits per heavy atom. The number of halogens is 1. The number of aryl methyl sites for hydroxylation is 1. The first-order valence-corrected chi connectivity index (χ1v) is 8.28. The van der Waals surface area contributed by atoms with E-state index in [1.165, 1.54) is 0 Å². The average molecular weight is 348 g/mol. The summed E-state index contributed by atoms with van der Waals surface area (Å²) in [6.07, 6.45) is 3.57. The summed E-state index contributed by atoms with van der Waals surface area (Å²) in [6, 6.07) is 7.16. The highest BCUT2D eigenvalue weighted by Gasteiger charge is 2.09. The van der Waals surface area contributed by atoms with Crippen LogP contribution in [0.4, 0.5) is 11.5 Å². The first-order chi connectivity index (χ1) is 11.5. The van der Waals surface area contributed by atoms with Gasteiger partial charge in [-0.2, -0.15) is 0 Å².